The molecule has 212 valence electrons. The second-order valence-corrected chi connectivity index (χ2v) is 15.8. The van der Waals surface area contributed by atoms with Gasteiger partial charge in [-0.3, -0.25) is 4.99 Å². The lowest BCUT2D eigenvalue weighted by molar-refractivity contribution is -0.0902. The van der Waals surface area contributed by atoms with Crippen LogP contribution in [0.4, 0.5) is 4.79 Å². The van der Waals surface area contributed by atoms with Gasteiger partial charge in [-0.05, 0) is 27.9 Å². The molecule has 3 heterocycles. The van der Waals surface area contributed by atoms with E-state index in [-0.39, 0.29) is 29.8 Å². The smallest absolute Gasteiger partial charge is 0.316 e. The minimum atomic E-state index is -2.86. The number of urea groups is 1. The molecule has 2 amide bonds. The molecule has 2 fully saturated rings. The first-order valence-electron chi connectivity index (χ1n) is 13.6. The fourth-order valence-corrected chi connectivity index (χ4v) is 10.8. The van der Waals surface area contributed by atoms with E-state index in [1.807, 2.05) is 48.2 Å². The molecule has 0 aromatic heterocycles. The number of aliphatic imine (C=N–C) groups is 1. The van der Waals surface area contributed by atoms with Gasteiger partial charge in [-0.1, -0.05) is 86.5 Å². The number of methoxy groups -OCH3 is 1. The summed E-state index contributed by atoms with van der Waals surface area (Å²) in [4.78, 5) is 21.9. The average molecular weight is 564 g/mol. The minimum absolute atomic E-state index is 0.149. The Bertz CT molecular complexity index is 1230. The molecule has 0 aliphatic carbocycles. The van der Waals surface area contributed by atoms with E-state index in [9.17, 15) is 10.3 Å². The van der Waals surface area contributed by atoms with Crippen molar-refractivity contribution in [3.05, 3.63) is 71.1 Å². The second kappa shape index (κ2) is 11.2. The van der Waals surface area contributed by atoms with Crippen LogP contribution in [0.5, 0.6) is 0 Å². The maximum atomic E-state index is 12.3. The largest absolute Gasteiger partial charge is 0.405 e. The third kappa shape index (κ3) is 4.86. The highest BCUT2D eigenvalue weighted by molar-refractivity contribution is 6.99. The molecule has 3 aliphatic heterocycles. The number of rotatable bonds is 8. The number of ether oxygens (including phenoxy) is 2. The van der Waals surface area contributed by atoms with Crippen molar-refractivity contribution in [2.75, 3.05) is 13.7 Å². The Labute approximate surface area is 235 Å². The zero-order valence-corrected chi connectivity index (χ0v) is 24.5. The van der Waals surface area contributed by atoms with Crippen molar-refractivity contribution < 1.29 is 18.7 Å². The summed E-state index contributed by atoms with van der Waals surface area (Å²) in [6.45, 7) is 8.74. The Balaban J connectivity index is 1.48. The number of hydrogen-bond acceptors (Lipinski definition) is 7. The fourth-order valence-electron chi connectivity index (χ4n) is 6.26. The minimum Gasteiger partial charge on any atom is -0.405 e. The molecule has 5 rings (SSSR count). The number of hydrogen-bond donors (Lipinski definition) is 2. The lowest BCUT2D eigenvalue weighted by atomic mass is 10.0. The van der Waals surface area contributed by atoms with E-state index >= 15 is 0 Å². The van der Waals surface area contributed by atoms with Gasteiger partial charge in [0.15, 0.2) is 6.23 Å². The van der Waals surface area contributed by atoms with Crippen LogP contribution in [0.25, 0.3) is 10.4 Å². The van der Waals surface area contributed by atoms with Gasteiger partial charge >= 0.3 is 6.03 Å². The van der Waals surface area contributed by atoms with E-state index in [0.29, 0.717) is 0 Å². The van der Waals surface area contributed by atoms with E-state index in [1.165, 1.54) is 0 Å². The van der Waals surface area contributed by atoms with Crippen LogP contribution in [0.2, 0.25) is 5.04 Å². The van der Waals surface area contributed by atoms with Gasteiger partial charge < -0.3 is 29.4 Å². The van der Waals surface area contributed by atoms with Crippen LogP contribution < -0.4 is 21.0 Å². The Kier molecular flexibility index (Phi) is 7.89. The molecule has 0 saturated carbocycles. The van der Waals surface area contributed by atoms with Gasteiger partial charge in [-0.15, -0.1) is 0 Å². The van der Waals surface area contributed by atoms with Crippen molar-refractivity contribution in [3.63, 3.8) is 0 Å². The summed E-state index contributed by atoms with van der Waals surface area (Å²) in [7, 11) is -1.29. The SMILES string of the molecule is COC1[C@@H](N=[N+]=[N-])[C@@H](CO[Si](c2ccccc2)(c2ccccc2)C(C)(C)C)O[C@H]1N1C=NC2C(C)NC(=O)NC21. The van der Waals surface area contributed by atoms with Crippen LogP contribution >= 0.6 is 0 Å². The molecular formula is C28H37N7O4Si. The number of carbonyl (C=O) groups excluding carboxylic acids is 1. The molecule has 2 saturated heterocycles. The molecule has 2 aromatic rings. The van der Waals surface area contributed by atoms with Crippen LogP contribution in [0.3, 0.4) is 0 Å². The Hall–Kier alpha value is -3.41. The van der Waals surface area contributed by atoms with E-state index < -0.39 is 39.0 Å². The van der Waals surface area contributed by atoms with Crippen LogP contribution in [-0.4, -0.2) is 82.0 Å². The predicted octanol–water partition coefficient (Wildman–Crippen LogP) is 2.72. The van der Waals surface area contributed by atoms with E-state index in [4.69, 9.17) is 13.9 Å². The number of fused-ring (bicyclic) bond motifs is 1. The molecule has 7 atom stereocenters. The van der Waals surface area contributed by atoms with Gasteiger partial charge in [0.25, 0.3) is 8.32 Å². The first kappa shape index (κ1) is 28.1. The van der Waals surface area contributed by atoms with Crippen molar-refractivity contribution in [2.24, 2.45) is 10.1 Å². The number of benzene rings is 2. The van der Waals surface area contributed by atoms with E-state index in [2.05, 4.69) is 70.7 Å². The number of azide groups is 1. The zero-order chi connectivity index (χ0) is 28.5. The standard InChI is InChI=1S/C28H37N7O4Si/c1-18-22-25(32-27(36)31-18)35(17-30-22)26-24(37-5)23(33-34-29)21(39-26)16-38-40(28(2,3)4,19-12-8-6-9-13-19)20-14-10-7-11-15-20/h6-15,17-18,21-26H,16H2,1-5H3,(H2,31,32,36)/t18?,21-,22?,23+,24?,25?,26-/m1/s1. The summed E-state index contributed by atoms with van der Waals surface area (Å²) < 4.78 is 19.6. The first-order valence-corrected chi connectivity index (χ1v) is 15.5. The molecule has 3 aliphatic rings. The maximum absolute atomic E-state index is 12.3. The molecule has 0 bridgehead atoms. The van der Waals surface area contributed by atoms with Gasteiger partial charge in [-0.25, -0.2) is 4.79 Å². The lowest BCUT2D eigenvalue weighted by Crippen LogP contribution is -2.67. The quantitative estimate of drug-likeness (QED) is 0.221. The number of nitrogens with zero attached hydrogens (tertiary/aromatic N) is 5. The summed E-state index contributed by atoms with van der Waals surface area (Å²) in [6.07, 6.45) is -0.549. The van der Waals surface area contributed by atoms with Gasteiger partial charge in [0.1, 0.15) is 18.3 Å². The van der Waals surface area contributed by atoms with Crippen molar-refractivity contribution >= 4 is 31.1 Å². The van der Waals surface area contributed by atoms with Gasteiger partial charge in [-0.2, -0.15) is 0 Å². The third-order valence-corrected chi connectivity index (χ3v) is 13.1. The van der Waals surface area contributed by atoms with E-state index in [0.717, 1.165) is 10.4 Å². The lowest BCUT2D eigenvalue weighted by Gasteiger charge is -2.43. The van der Waals surface area contributed by atoms with Crippen molar-refractivity contribution in [1.29, 1.82) is 0 Å². The molecule has 11 nitrogen and oxygen atoms in total. The highest BCUT2D eigenvalue weighted by atomic mass is 28.4. The molecule has 40 heavy (non-hydrogen) atoms. The highest BCUT2D eigenvalue weighted by Gasteiger charge is 2.55. The summed E-state index contributed by atoms with van der Waals surface area (Å²) in [6, 6.07) is 19.4. The number of amides is 2. The molecule has 0 spiro atoms. The highest BCUT2D eigenvalue weighted by Crippen LogP contribution is 2.38. The molecule has 12 heteroatoms. The predicted molar refractivity (Wildman–Crippen MR) is 155 cm³/mol. The zero-order valence-electron chi connectivity index (χ0n) is 23.5. The van der Waals surface area contributed by atoms with Crippen LogP contribution in [-0.2, 0) is 13.9 Å². The van der Waals surface area contributed by atoms with Gasteiger partial charge in [0.05, 0.1) is 31.1 Å². The average Bonchev–Trinajstić information content (AvgIpc) is 3.51. The Morgan fingerprint density at radius 3 is 2.27 bits per heavy atom. The number of carbonyl (C=O) groups is 1. The molecule has 4 unspecified atom stereocenters. The molecule has 0 radical (unpaired) electrons. The Morgan fingerprint density at radius 2 is 1.73 bits per heavy atom. The third-order valence-electron chi connectivity index (χ3n) is 8.11. The monoisotopic (exact) mass is 563 g/mol. The molecule has 2 aromatic carbocycles. The van der Waals surface area contributed by atoms with Gasteiger partial charge in [0, 0.05) is 12.0 Å². The fraction of sp³-hybridized carbons (Fsp3) is 0.500. The topological polar surface area (TPSA) is 133 Å². The summed E-state index contributed by atoms with van der Waals surface area (Å²) in [5.74, 6) is 0. The van der Waals surface area contributed by atoms with Crippen LogP contribution in [0.1, 0.15) is 27.7 Å². The Morgan fingerprint density at radius 1 is 1.10 bits per heavy atom. The van der Waals surface area contributed by atoms with E-state index in [1.54, 1.807) is 13.4 Å². The van der Waals surface area contributed by atoms with Crippen LogP contribution in [0, 0.1) is 0 Å². The van der Waals surface area contributed by atoms with Gasteiger partial charge in [0.2, 0.25) is 0 Å². The van der Waals surface area contributed by atoms with Crippen molar-refractivity contribution in [1.82, 2.24) is 15.5 Å². The molecular weight excluding hydrogens is 526 g/mol. The maximum Gasteiger partial charge on any atom is 0.316 e. The van der Waals surface area contributed by atoms with Crippen LogP contribution in [0.15, 0.2) is 70.8 Å². The molecule has 2 N–H and O–H groups in total. The van der Waals surface area contributed by atoms with Crippen molar-refractivity contribution in [3.8, 4) is 0 Å². The summed E-state index contributed by atoms with van der Waals surface area (Å²) >= 11 is 0. The summed E-state index contributed by atoms with van der Waals surface area (Å²) in [5, 5.41) is 12.0. The van der Waals surface area contributed by atoms with Crippen molar-refractivity contribution in [2.45, 2.75) is 75.5 Å². The second-order valence-electron chi connectivity index (χ2n) is 11.5. The normalized spacial score (nSPS) is 29.9. The first-order chi connectivity index (χ1) is 19.2. The summed E-state index contributed by atoms with van der Waals surface area (Å²) in [5.41, 5.74) is 9.49. The number of nitrogens with one attached hydrogen (secondary N) is 2.